The molecule has 3 rings (SSSR count). The van der Waals surface area contributed by atoms with Crippen molar-refractivity contribution < 1.29 is 14.3 Å². The number of carbonyl (C=O) groups is 1. The molecular formula is C25H25BrIN5O3. The molecule has 8 nitrogen and oxygen atoms in total. The summed E-state index contributed by atoms with van der Waals surface area (Å²) in [6.45, 7) is 7.77. The molecule has 0 saturated carbocycles. The molecule has 1 N–H and O–H groups in total. The fraction of sp³-hybridized carbons (Fsp3) is 0.280. The van der Waals surface area contributed by atoms with Gasteiger partial charge in [-0.15, -0.1) is 0 Å². The average molecular weight is 650 g/mol. The second kappa shape index (κ2) is 11.8. The number of aromatic nitrogens is 2. The molecule has 0 atom stereocenters. The van der Waals surface area contributed by atoms with Gasteiger partial charge in [0.2, 0.25) is 5.88 Å². The summed E-state index contributed by atoms with van der Waals surface area (Å²) in [5.74, 6) is -0.390. The highest BCUT2D eigenvalue weighted by Gasteiger charge is 2.18. The largest absolute Gasteiger partial charge is 0.467 e. The zero-order valence-electron chi connectivity index (χ0n) is 20.1. The summed E-state index contributed by atoms with van der Waals surface area (Å²) in [5.41, 5.74) is 9.19. The number of rotatable bonds is 8. The number of carbonyl (C=O) groups excluding carboxylic acids is 1. The van der Waals surface area contributed by atoms with Gasteiger partial charge in [0.15, 0.2) is 6.61 Å². The standard InChI is InChI=1S/C25H25BrIN5O3/c1-14-8-19(6-7-22(14)27)32-15(2)9-18(17(32)4)11-29-31-23(33)13-35-25-20(10-28)21(12-34-5)24(26)16(3)30-25/h6-9,11H,12-13H2,1-5H3,(H,31,33)/b29-11-. The molecule has 0 spiro atoms. The van der Waals surface area contributed by atoms with E-state index in [0.29, 0.717) is 15.7 Å². The van der Waals surface area contributed by atoms with Crippen LogP contribution in [0.5, 0.6) is 5.88 Å². The van der Waals surface area contributed by atoms with Crippen LogP contribution in [0.2, 0.25) is 0 Å². The van der Waals surface area contributed by atoms with Crippen molar-refractivity contribution in [3.05, 3.63) is 71.6 Å². The normalized spacial score (nSPS) is 11.0. The molecule has 2 heterocycles. The number of pyridine rings is 1. The van der Waals surface area contributed by atoms with E-state index in [4.69, 9.17) is 9.47 Å². The van der Waals surface area contributed by atoms with Crippen molar-refractivity contribution >= 4 is 50.6 Å². The van der Waals surface area contributed by atoms with Crippen LogP contribution in [-0.4, -0.2) is 35.4 Å². The molecule has 1 aromatic carbocycles. The second-order valence-corrected chi connectivity index (χ2v) is 9.85. The first-order chi connectivity index (χ1) is 16.7. The van der Waals surface area contributed by atoms with Crippen molar-refractivity contribution in [2.75, 3.05) is 13.7 Å². The summed E-state index contributed by atoms with van der Waals surface area (Å²) in [6, 6.07) is 10.4. The minimum atomic E-state index is -0.470. The highest BCUT2D eigenvalue weighted by Crippen LogP contribution is 2.30. The van der Waals surface area contributed by atoms with Gasteiger partial charge in [0.25, 0.3) is 5.91 Å². The van der Waals surface area contributed by atoms with Gasteiger partial charge < -0.3 is 14.0 Å². The Labute approximate surface area is 226 Å². The fourth-order valence-electron chi connectivity index (χ4n) is 3.64. The SMILES string of the molecule is COCc1c(Br)c(C)nc(OCC(=O)N/N=C\c2cc(C)n(-c3ccc(I)c(C)c3)c2C)c1C#N. The van der Waals surface area contributed by atoms with E-state index in [1.54, 1.807) is 13.1 Å². The third-order valence-corrected chi connectivity index (χ3v) is 7.63. The van der Waals surface area contributed by atoms with Crippen LogP contribution >= 0.6 is 38.5 Å². The molecule has 0 aliphatic heterocycles. The van der Waals surface area contributed by atoms with E-state index >= 15 is 0 Å². The predicted molar refractivity (Wildman–Crippen MR) is 146 cm³/mol. The quantitative estimate of drug-likeness (QED) is 0.210. The van der Waals surface area contributed by atoms with Crippen molar-refractivity contribution in [3.63, 3.8) is 0 Å². The van der Waals surface area contributed by atoms with E-state index in [1.807, 2.05) is 19.9 Å². The first-order valence-electron chi connectivity index (χ1n) is 10.7. The number of amides is 1. The molecule has 0 saturated heterocycles. The van der Waals surface area contributed by atoms with E-state index in [0.717, 1.165) is 22.6 Å². The molecule has 0 unspecified atom stereocenters. The first kappa shape index (κ1) is 26.8. The van der Waals surface area contributed by atoms with Crippen LogP contribution in [0, 0.1) is 42.6 Å². The number of nitrogens with zero attached hydrogens (tertiary/aromatic N) is 4. The molecule has 182 valence electrons. The molecule has 0 aliphatic rings. The fourth-order valence-corrected chi connectivity index (χ4v) is 4.37. The molecule has 0 aliphatic carbocycles. The lowest BCUT2D eigenvalue weighted by atomic mass is 10.1. The molecular weight excluding hydrogens is 625 g/mol. The Hall–Kier alpha value is -2.75. The van der Waals surface area contributed by atoms with Crippen LogP contribution in [0.3, 0.4) is 0 Å². The van der Waals surface area contributed by atoms with E-state index in [-0.39, 0.29) is 24.7 Å². The van der Waals surface area contributed by atoms with Crippen LogP contribution < -0.4 is 10.2 Å². The first-order valence-corrected chi connectivity index (χ1v) is 12.5. The monoisotopic (exact) mass is 649 g/mol. The maximum Gasteiger partial charge on any atom is 0.278 e. The smallest absolute Gasteiger partial charge is 0.278 e. The van der Waals surface area contributed by atoms with Crippen LogP contribution in [0.4, 0.5) is 0 Å². The van der Waals surface area contributed by atoms with Gasteiger partial charge in [-0.3, -0.25) is 4.79 Å². The van der Waals surface area contributed by atoms with E-state index in [9.17, 15) is 10.1 Å². The van der Waals surface area contributed by atoms with Gasteiger partial charge in [0.05, 0.1) is 18.5 Å². The van der Waals surface area contributed by atoms with Gasteiger partial charge in [-0.05, 0) is 96.0 Å². The zero-order valence-corrected chi connectivity index (χ0v) is 23.8. The van der Waals surface area contributed by atoms with E-state index in [1.165, 1.54) is 16.2 Å². The summed E-state index contributed by atoms with van der Waals surface area (Å²) in [6.07, 6.45) is 1.61. The second-order valence-electron chi connectivity index (χ2n) is 7.89. The third kappa shape index (κ3) is 6.09. The van der Waals surface area contributed by atoms with Crippen LogP contribution in [0.25, 0.3) is 5.69 Å². The van der Waals surface area contributed by atoms with Gasteiger partial charge in [-0.2, -0.15) is 10.4 Å². The predicted octanol–water partition coefficient (Wildman–Crippen LogP) is 5.02. The van der Waals surface area contributed by atoms with Crippen molar-refractivity contribution in [1.29, 1.82) is 5.26 Å². The number of hydrogen-bond donors (Lipinski definition) is 1. The minimum absolute atomic E-state index is 0.0794. The van der Waals surface area contributed by atoms with Gasteiger partial charge in [0, 0.05) is 43.4 Å². The Morgan fingerprint density at radius 2 is 2.06 bits per heavy atom. The number of ether oxygens (including phenoxy) is 2. The molecule has 0 radical (unpaired) electrons. The molecule has 3 aromatic rings. The highest BCUT2D eigenvalue weighted by atomic mass is 127. The van der Waals surface area contributed by atoms with Crippen molar-refractivity contribution in [1.82, 2.24) is 15.0 Å². The maximum atomic E-state index is 12.3. The Balaban J connectivity index is 1.69. The lowest BCUT2D eigenvalue weighted by molar-refractivity contribution is -0.123. The number of nitrogens with one attached hydrogen (secondary N) is 1. The maximum absolute atomic E-state index is 12.3. The van der Waals surface area contributed by atoms with Crippen molar-refractivity contribution in [2.45, 2.75) is 34.3 Å². The Bertz CT molecular complexity index is 1340. The average Bonchev–Trinajstić information content (AvgIpc) is 3.10. The van der Waals surface area contributed by atoms with Crippen LogP contribution in [0.15, 0.2) is 33.8 Å². The van der Waals surface area contributed by atoms with Gasteiger partial charge in [0.1, 0.15) is 11.6 Å². The number of hydrogen-bond acceptors (Lipinski definition) is 6. The minimum Gasteiger partial charge on any atom is -0.467 e. The number of halogens is 2. The summed E-state index contributed by atoms with van der Waals surface area (Å²) in [4.78, 5) is 16.6. The van der Waals surface area contributed by atoms with E-state index in [2.05, 4.69) is 89.8 Å². The third-order valence-electron chi connectivity index (χ3n) is 5.37. The number of aryl methyl sites for hydroxylation is 3. The lowest BCUT2D eigenvalue weighted by Crippen LogP contribution is -2.25. The van der Waals surface area contributed by atoms with Gasteiger partial charge in [-0.1, -0.05) is 0 Å². The number of methoxy groups -OCH3 is 1. The van der Waals surface area contributed by atoms with Gasteiger partial charge in [-0.25, -0.2) is 10.4 Å². The lowest BCUT2D eigenvalue weighted by Gasteiger charge is -2.13. The number of nitriles is 1. The molecule has 0 bridgehead atoms. The Morgan fingerprint density at radius 1 is 1.31 bits per heavy atom. The highest BCUT2D eigenvalue weighted by molar-refractivity contribution is 14.1. The summed E-state index contributed by atoms with van der Waals surface area (Å²) < 4.78 is 14.8. The van der Waals surface area contributed by atoms with Crippen LogP contribution in [-0.2, 0) is 16.1 Å². The molecule has 10 heteroatoms. The van der Waals surface area contributed by atoms with Crippen molar-refractivity contribution in [2.24, 2.45) is 5.10 Å². The molecule has 1 amide bonds. The number of benzene rings is 1. The molecule has 0 fully saturated rings. The van der Waals surface area contributed by atoms with Crippen LogP contribution in [0.1, 0.15) is 39.3 Å². The Kier molecular flexibility index (Phi) is 9.04. The summed E-state index contributed by atoms with van der Waals surface area (Å²) in [7, 11) is 1.54. The molecule has 35 heavy (non-hydrogen) atoms. The van der Waals surface area contributed by atoms with Crippen molar-refractivity contribution in [3.8, 4) is 17.6 Å². The summed E-state index contributed by atoms with van der Waals surface area (Å²) in [5, 5.41) is 13.6. The zero-order chi connectivity index (χ0) is 25.7. The molecule has 2 aromatic heterocycles. The topological polar surface area (TPSA) is 102 Å². The Morgan fingerprint density at radius 3 is 2.71 bits per heavy atom. The number of hydrazone groups is 1. The van der Waals surface area contributed by atoms with Gasteiger partial charge >= 0.3 is 0 Å². The summed E-state index contributed by atoms with van der Waals surface area (Å²) >= 11 is 5.75. The van der Waals surface area contributed by atoms with E-state index < -0.39 is 5.91 Å².